The summed E-state index contributed by atoms with van der Waals surface area (Å²) in [5, 5.41) is 14.2. The highest BCUT2D eigenvalue weighted by Crippen LogP contribution is 2.26. The van der Waals surface area contributed by atoms with Crippen molar-refractivity contribution in [3.63, 3.8) is 0 Å². The maximum atomic E-state index is 10.1. The summed E-state index contributed by atoms with van der Waals surface area (Å²) < 4.78 is 15.9. The minimum Gasteiger partial charge on any atom is -0.491 e. The average Bonchev–Trinajstić information content (AvgIpc) is 2.97. The quantitative estimate of drug-likeness (QED) is 0.797. The Morgan fingerprint density at radius 3 is 2.96 bits per heavy atom. The summed E-state index contributed by atoms with van der Waals surface area (Å²) in [6.45, 7) is 5.11. The van der Waals surface area contributed by atoms with Crippen LogP contribution < -0.4 is 4.74 Å². The third kappa shape index (κ3) is 4.35. The van der Waals surface area contributed by atoms with Crippen LogP contribution in [0.1, 0.15) is 22.9 Å². The van der Waals surface area contributed by atoms with Crippen LogP contribution in [0.4, 0.5) is 0 Å². The van der Waals surface area contributed by atoms with E-state index in [0.29, 0.717) is 25.7 Å². The van der Waals surface area contributed by atoms with Gasteiger partial charge < -0.3 is 19.1 Å². The number of likely N-dealkylation sites (tertiary alicyclic amines) is 1. The Labute approximate surface area is 142 Å². The number of nitrogens with zero attached hydrogens (tertiary/aromatic N) is 2. The van der Waals surface area contributed by atoms with Crippen LogP contribution >= 0.6 is 0 Å². The van der Waals surface area contributed by atoms with Gasteiger partial charge in [0, 0.05) is 38.7 Å². The summed E-state index contributed by atoms with van der Waals surface area (Å²) in [7, 11) is 1.63. The molecule has 130 valence electrons. The van der Waals surface area contributed by atoms with Crippen molar-refractivity contribution in [1.29, 1.82) is 0 Å². The van der Waals surface area contributed by atoms with E-state index in [-0.39, 0.29) is 0 Å². The number of aromatic nitrogens is 1. The highest BCUT2D eigenvalue weighted by atomic mass is 16.5. The lowest BCUT2D eigenvalue weighted by molar-refractivity contribution is 0.0361. The summed E-state index contributed by atoms with van der Waals surface area (Å²) in [4.78, 5) is 2.19. The van der Waals surface area contributed by atoms with Crippen molar-refractivity contribution in [3.8, 4) is 5.75 Å². The number of aryl methyl sites for hydroxylation is 1. The lowest BCUT2D eigenvalue weighted by atomic mass is 9.96. The van der Waals surface area contributed by atoms with Gasteiger partial charge in [-0.3, -0.25) is 4.90 Å². The van der Waals surface area contributed by atoms with Gasteiger partial charge in [0.05, 0.1) is 5.69 Å². The van der Waals surface area contributed by atoms with E-state index in [1.165, 1.54) is 0 Å². The number of aliphatic hydroxyl groups is 1. The zero-order valence-electron chi connectivity index (χ0n) is 14.1. The molecule has 1 fully saturated rings. The number of aliphatic hydroxyl groups excluding tert-OH is 1. The second-order valence-electron chi connectivity index (χ2n) is 6.35. The standard InChI is InChI=1S/C18H24N2O4/c1-13-4-3-5-16(6-13)23-11-15(21)10-20-8-14(9-20)18-7-17(12-22-2)24-19-18/h3-7,14-15,21H,8-12H2,1-2H3. The van der Waals surface area contributed by atoms with Gasteiger partial charge in [-0.25, -0.2) is 0 Å². The Kier molecular flexibility index (Phi) is 5.50. The van der Waals surface area contributed by atoms with Crippen LogP contribution in [0.2, 0.25) is 0 Å². The van der Waals surface area contributed by atoms with Crippen LogP contribution in [0.25, 0.3) is 0 Å². The van der Waals surface area contributed by atoms with Crippen molar-refractivity contribution in [1.82, 2.24) is 10.1 Å². The highest BCUT2D eigenvalue weighted by Gasteiger charge is 2.31. The number of methoxy groups -OCH3 is 1. The zero-order valence-corrected chi connectivity index (χ0v) is 14.1. The van der Waals surface area contributed by atoms with E-state index in [1.807, 2.05) is 37.3 Å². The van der Waals surface area contributed by atoms with Crippen LogP contribution in [-0.4, -0.2) is 54.6 Å². The van der Waals surface area contributed by atoms with Crippen LogP contribution in [0.3, 0.4) is 0 Å². The molecule has 24 heavy (non-hydrogen) atoms. The molecule has 1 aromatic heterocycles. The Balaban J connectivity index is 1.38. The Hall–Kier alpha value is -1.89. The largest absolute Gasteiger partial charge is 0.491 e. The van der Waals surface area contributed by atoms with Gasteiger partial charge in [-0.05, 0) is 24.6 Å². The van der Waals surface area contributed by atoms with Crippen molar-refractivity contribution >= 4 is 0 Å². The fourth-order valence-electron chi connectivity index (χ4n) is 2.89. The lowest BCUT2D eigenvalue weighted by Gasteiger charge is -2.39. The summed E-state index contributed by atoms with van der Waals surface area (Å²) in [6, 6.07) is 9.79. The lowest BCUT2D eigenvalue weighted by Crippen LogP contribution is -2.49. The van der Waals surface area contributed by atoms with Crippen LogP contribution in [-0.2, 0) is 11.3 Å². The van der Waals surface area contributed by atoms with Crippen LogP contribution in [0, 0.1) is 6.92 Å². The summed E-state index contributed by atoms with van der Waals surface area (Å²) in [5.41, 5.74) is 2.11. The molecule has 1 unspecified atom stereocenters. The molecule has 1 aromatic carbocycles. The predicted octanol–water partition coefficient (Wildman–Crippen LogP) is 1.97. The van der Waals surface area contributed by atoms with Crippen molar-refractivity contribution < 1.29 is 19.1 Å². The molecule has 1 aliphatic rings. The van der Waals surface area contributed by atoms with E-state index in [9.17, 15) is 5.11 Å². The first-order valence-corrected chi connectivity index (χ1v) is 8.18. The minimum atomic E-state index is -0.507. The van der Waals surface area contributed by atoms with Crippen LogP contribution in [0.5, 0.6) is 5.75 Å². The van der Waals surface area contributed by atoms with E-state index in [1.54, 1.807) is 7.11 Å². The SMILES string of the molecule is COCc1cc(C2CN(CC(O)COc3cccc(C)c3)C2)no1. The molecule has 0 amide bonds. The van der Waals surface area contributed by atoms with Gasteiger partial charge in [-0.1, -0.05) is 17.3 Å². The van der Waals surface area contributed by atoms with Crippen LogP contribution in [0.15, 0.2) is 34.9 Å². The molecule has 1 aliphatic heterocycles. The number of benzene rings is 1. The molecule has 0 aliphatic carbocycles. The third-order valence-corrected chi connectivity index (χ3v) is 4.14. The Bertz CT molecular complexity index is 652. The average molecular weight is 332 g/mol. The first kappa shape index (κ1) is 17.0. The number of hydrogen-bond donors (Lipinski definition) is 1. The van der Waals surface area contributed by atoms with Crippen molar-refractivity contribution in [2.45, 2.75) is 25.6 Å². The summed E-state index contributed by atoms with van der Waals surface area (Å²) in [5.74, 6) is 1.91. The van der Waals surface area contributed by atoms with Gasteiger partial charge in [0.1, 0.15) is 25.1 Å². The maximum Gasteiger partial charge on any atom is 0.162 e. The molecule has 1 N–H and O–H groups in total. The first-order valence-electron chi connectivity index (χ1n) is 8.18. The Morgan fingerprint density at radius 2 is 2.21 bits per heavy atom. The molecule has 2 aromatic rings. The van der Waals surface area contributed by atoms with E-state index in [4.69, 9.17) is 14.0 Å². The molecule has 1 saturated heterocycles. The summed E-state index contributed by atoms with van der Waals surface area (Å²) >= 11 is 0. The third-order valence-electron chi connectivity index (χ3n) is 4.14. The number of rotatable bonds is 8. The van der Waals surface area contributed by atoms with Gasteiger partial charge in [0.25, 0.3) is 0 Å². The molecular weight excluding hydrogens is 308 g/mol. The fraction of sp³-hybridized carbons (Fsp3) is 0.500. The first-order chi connectivity index (χ1) is 11.6. The normalized spacial score (nSPS) is 16.8. The van der Waals surface area contributed by atoms with E-state index in [0.717, 1.165) is 35.9 Å². The van der Waals surface area contributed by atoms with Gasteiger partial charge in [-0.15, -0.1) is 0 Å². The minimum absolute atomic E-state index is 0.298. The molecule has 0 saturated carbocycles. The number of β-amino-alcohol motifs (C(OH)–C–C–N with tert-alkyl or cyclic N) is 1. The molecule has 2 heterocycles. The molecule has 0 radical (unpaired) electrons. The number of hydrogen-bond acceptors (Lipinski definition) is 6. The predicted molar refractivity (Wildman–Crippen MR) is 89.1 cm³/mol. The topological polar surface area (TPSA) is 68.0 Å². The van der Waals surface area contributed by atoms with Gasteiger partial charge in [0.2, 0.25) is 0 Å². The van der Waals surface area contributed by atoms with Gasteiger partial charge in [-0.2, -0.15) is 0 Å². The second-order valence-corrected chi connectivity index (χ2v) is 6.35. The second kappa shape index (κ2) is 7.79. The molecule has 3 rings (SSSR count). The maximum absolute atomic E-state index is 10.1. The molecule has 0 spiro atoms. The van der Waals surface area contributed by atoms with Gasteiger partial charge >= 0.3 is 0 Å². The molecule has 6 heteroatoms. The van der Waals surface area contributed by atoms with E-state index in [2.05, 4.69) is 10.1 Å². The van der Waals surface area contributed by atoms with E-state index < -0.39 is 6.10 Å². The number of ether oxygens (including phenoxy) is 2. The molecular formula is C18H24N2O4. The summed E-state index contributed by atoms with van der Waals surface area (Å²) in [6.07, 6.45) is -0.507. The van der Waals surface area contributed by atoms with Crippen molar-refractivity contribution in [2.75, 3.05) is 33.4 Å². The fourth-order valence-corrected chi connectivity index (χ4v) is 2.89. The molecule has 0 bridgehead atoms. The van der Waals surface area contributed by atoms with E-state index >= 15 is 0 Å². The molecule has 6 nitrogen and oxygen atoms in total. The zero-order chi connectivity index (χ0) is 16.9. The van der Waals surface area contributed by atoms with Crippen molar-refractivity contribution in [3.05, 3.63) is 47.3 Å². The highest BCUT2D eigenvalue weighted by molar-refractivity contribution is 5.27. The van der Waals surface area contributed by atoms with Gasteiger partial charge in [0.15, 0.2) is 5.76 Å². The van der Waals surface area contributed by atoms with Crippen molar-refractivity contribution in [2.24, 2.45) is 0 Å². The smallest absolute Gasteiger partial charge is 0.162 e. The molecule has 1 atom stereocenters. The Morgan fingerprint density at radius 1 is 1.38 bits per heavy atom. The monoisotopic (exact) mass is 332 g/mol.